The first kappa shape index (κ1) is 24.2. The van der Waals surface area contributed by atoms with Gasteiger partial charge in [-0.2, -0.15) is 5.10 Å². The second-order valence-electron chi connectivity index (χ2n) is 9.54. The van der Waals surface area contributed by atoms with Crippen LogP contribution in [0, 0.1) is 5.92 Å². The number of hydrogen-bond acceptors (Lipinski definition) is 7. The van der Waals surface area contributed by atoms with E-state index in [0.717, 1.165) is 88.6 Å². The van der Waals surface area contributed by atoms with Crippen molar-refractivity contribution in [2.75, 3.05) is 47.0 Å². The van der Waals surface area contributed by atoms with Crippen LogP contribution >= 0.6 is 0 Å². The van der Waals surface area contributed by atoms with Gasteiger partial charge in [0.15, 0.2) is 0 Å². The molecule has 0 radical (unpaired) electrons. The lowest BCUT2D eigenvalue weighted by molar-refractivity contribution is -0.147. The third-order valence-corrected chi connectivity index (χ3v) is 6.75. The van der Waals surface area contributed by atoms with Gasteiger partial charge in [0.1, 0.15) is 17.6 Å². The molecule has 0 amide bonds. The highest BCUT2D eigenvalue weighted by Gasteiger charge is 2.43. The predicted octanol–water partition coefficient (Wildman–Crippen LogP) is 2.76. The molecule has 2 aromatic rings. The van der Waals surface area contributed by atoms with Gasteiger partial charge in [0.25, 0.3) is 0 Å². The van der Waals surface area contributed by atoms with E-state index in [0.29, 0.717) is 5.92 Å². The molecule has 1 aliphatic heterocycles. The average molecular weight is 458 g/mol. The number of nitrogens with zero attached hydrogens (tertiary/aromatic N) is 2. The first-order chi connectivity index (χ1) is 16.0. The number of likely N-dealkylation sites (N-methyl/N-ethyl adjacent to an activating group) is 2. The summed E-state index contributed by atoms with van der Waals surface area (Å²) in [5.41, 5.74) is 9.20. The fourth-order valence-electron chi connectivity index (χ4n) is 4.62. The lowest BCUT2D eigenvalue weighted by Crippen LogP contribution is -2.58. The van der Waals surface area contributed by atoms with Crippen molar-refractivity contribution >= 4 is 0 Å². The highest BCUT2D eigenvalue weighted by molar-refractivity contribution is 5.63. The van der Waals surface area contributed by atoms with Crippen LogP contribution in [0.25, 0.3) is 11.3 Å². The molecule has 4 rings (SSSR count). The fraction of sp³-hybridized carbons (Fsp3) is 0.640. The van der Waals surface area contributed by atoms with Gasteiger partial charge in [0.2, 0.25) is 0 Å². The summed E-state index contributed by atoms with van der Waals surface area (Å²) in [7, 11) is 4.09. The number of nitrogens with two attached hydrogens (primary N) is 1. The first-order valence-electron chi connectivity index (χ1n) is 12.2. The molecule has 0 atom stereocenters. The molecule has 8 nitrogen and oxygen atoms in total. The third-order valence-electron chi connectivity index (χ3n) is 6.75. The van der Waals surface area contributed by atoms with Crippen molar-refractivity contribution in [1.29, 1.82) is 0 Å². The van der Waals surface area contributed by atoms with Crippen LogP contribution in [0.1, 0.15) is 37.7 Å². The Bertz CT molecular complexity index is 844. The van der Waals surface area contributed by atoms with Gasteiger partial charge in [0.05, 0.1) is 11.9 Å². The zero-order chi connectivity index (χ0) is 23.1. The summed E-state index contributed by atoms with van der Waals surface area (Å²) in [5.74, 6) is 1.57. The number of nitrogens with one attached hydrogen (secondary N) is 2. The van der Waals surface area contributed by atoms with Crippen molar-refractivity contribution in [3.8, 4) is 17.0 Å². The highest BCUT2D eigenvalue weighted by Crippen LogP contribution is 2.35. The molecule has 1 aromatic heterocycles. The van der Waals surface area contributed by atoms with Gasteiger partial charge in [-0.05, 0) is 63.5 Å². The number of aromatic nitrogens is 2. The minimum absolute atomic E-state index is 0.104. The molecular weight excluding hydrogens is 418 g/mol. The van der Waals surface area contributed by atoms with E-state index in [1.807, 2.05) is 25.4 Å². The van der Waals surface area contributed by atoms with Gasteiger partial charge in [-0.25, -0.2) is 0 Å². The van der Waals surface area contributed by atoms with Crippen LogP contribution in [-0.4, -0.2) is 73.9 Å². The standard InChI is InChI=1S/C25H39N5O3/c1-27-10-11-30(2)18-21-17-28-29-24(21)20-3-5-22(6-4-20)33-23-15-25(26,16-23)32-14-9-19-7-12-31-13-8-19/h3-6,17,19,23,27H,7-16,18,26H2,1-2H3,(H,28,29). The fourth-order valence-corrected chi connectivity index (χ4v) is 4.62. The molecule has 4 N–H and O–H groups in total. The van der Waals surface area contributed by atoms with Crippen molar-refractivity contribution in [3.05, 3.63) is 36.0 Å². The minimum atomic E-state index is -0.542. The Morgan fingerprint density at radius 2 is 2.00 bits per heavy atom. The monoisotopic (exact) mass is 457 g/mol. The second kappa shape index (κ2) is 11.4. The number of H-pyrrole nitrogens is 1. The first-order valence-corrected chi connectivity index (χ1v) is 12.2. The van der Waals surface area contributed by atoms with Crippen molar-refractivity contribution in [1.82, 2.24) is 20.4 Å². The zero-order valence-electron chi connectivity index (χ0n) is 20.0. The van der Waals surface area contributed by atoms with E-state index in [1.165, 1.54) is 5.56 Å². The van der Waals surface area contributed by atoms with Crippen LogP contribution in [0.3, 0.4) is 0 Å². The summed E-state index contributed by atoms with van der Waals surface area (Å²) >= 11 is 0. The van der Waals surface area contributed by atoms with Crippen molar-refractivity contribution in [2.24, 2.45) is 11.7 Å². The molecule has 1 saturated heterocycles. The van der Waals surface area contributed by atoms with Gasteiger partial charge >= 0.3 is 0 Å². The minimum Gasteiger partial charge on any atom is -0.490 e. The van der Waals surface area contributed by atoms with E-state index >= 15 is 0 Å². The van der Waals surface area contributed by atoms with Crippen LogP contribution < -0.4 is 15.8 Å². The Labute approximate surface area is 197 Å². The van der Waals surface area contributed by atoms with E-state index in [-0.39, 0.29) is 6.10 Å². The summed E-state index contributed by atoms with van der Waals surface area (Å²) in [6.07, 6.45) is 6.81. The largest absolute Gasteiger partial charge is 0.490 e. The highest BCUT2D eigenvalue weighted by atomic mass is 16.5. The summed E-state index contributed by atoms with van der Waals surface area (Å²) in [5, 5.41) is 10.6. The van der Waals surface area contributed by atoms with Gasteiger partial charge in [-0.1, -0.05) is 0 Å². The number of ether oxygens (including phenoxy) is 3. The predicted molar refractivity (Wildman–Crippen MR) is 129 cm³/mol. The van der Waals surface area contributed by atoms with Gasteiger partial charge in [0, 0.05) is 63.4 Å². The topological polar surface area (TPSA) is 97.7 Å². The maximum absolute atomic E-state index is 6.39. The van der Waals surface area contributed by atoms with Crippen molar-refractivity contribution < 1.29 is 14.2 Å². The Morgan fingerprint density at radius 1 is 1.24 bits per heavy atom. The van der Waals surface area contributed by atoms with Crippen molar-refractivity contribution in [3.63, 3.8) is 0 Å². The third kappa shape index (κ3) is 6.77. The van der Waals surface area contributed by atoms with E-state index in [2.05, 4.69) is 39.6 Å². The Morgan fingerprint density at radius 3 is 2.73 bits per heavy atom. The number of aromatic amines is 1. The summed E-state index contributed by atoms with van der Waals surface area (Å²) < 4.78 is 17.6. The summed E-state index contributed by atoms with van der Waals surface area (Å²) in [6, 6.07) is 8.21. The molecule has 2 heterocycles. The quantitative estimate of drug-likeness (QED) is 0.422. The van der Waals surface area contributed by atoms with E-state index in [1.54, 1.807) is 0 Å². The zero-order valence-corrected chi connectivity index (χ0v) is 20.0. The van der Waals surface area contributed by atoms with Crippen LogP contribution in [0.15, 0.2) is 30.5 Å². The van der Waals surface area contributed by atoms with Gasteiger partial charge in [-0.15, -0.1) is 0 Å². The lowest BCUT2D eigenvalue weighted by atomic mass is 9.85. The number of benzene rings is 1. The lowest BCUT2D eigenvalue weighted by Gasteiger charge is -2.44. The van der Waals surface area contributed by atoms with E-state index in [4.69, 9.17) is 19.9 Å². The molecule has 0 spiro atoms. The molecule has 0 unspecified atom stereocenters. The maximum atomic E-state index is 6.39. The molecule has 2 aliphatic rings. The molecule has 1 aliphatic carbocycles. The van der Waals surface area contributed by atoms with E-state index < -0.39 is 5.72 Å². The molecule has 1 aromatic carbocycles. The van der Waals surface area contributed by atoms with Crippen LogP contribution in [0.5, 0.6) is 5.75 Å². The van der Waals surface area contributed by atoms with Crippen LogP contribution in [0.2, 0.25) is 0 Å². The van der Waals surface area contributed by atoms with Crippen LogP contribution in [-0.2, 0) is 16.0 Å². The molecule has 2 fully saturated rings. The van der Waals surface area contributed by atoms with E-state index in [9.17, 15) is 0 Å². The maximum Gasteiger partial charge on any atom is 0.123 e. The summed E-state index contributed by atoms with van der Waals surface area (Å²) in [6.45, 7) is 5.27. The summed E-state index contributed by atoms with van der Waals surface area (Å²) in [4.78, 5) is 2.28. The Balaban J connectivity index is 1.22. The van der Waals surface area contributed by atoms with Gasteiger partial charge in [-0.3, -0.25) is 5.10 Å². The number of hydrogen-bond donors (Lipinski definition) is 3. The molecule has 182 valence electrons. The molecule has 8 heteroatoms. The second-order valence-corrected chi connectivity index (χ2v) is 9.54. The Hall–Kier alpha value is -1.97. The normalized spacial score (nSPS) is 23.6. The number of rotatable bonds is 12. The molecule has 1 saturated carbocycles. The smallest absolute Gasteiger partial charge is 0.123 e. The molecular formula is C25H39N5O3. The SMILES string of the molecule is CNCCN(C)Cc1cn[nH]c1-c1ccc(OC2CC(N)(OCCC3CCOCC3)C2)cc1. The molecule has 0 bridgehead atoms. The van der Waals surface area contributed by atoms with Crippen molar-refractivity contribution in [2.45, 2.75) is 50.5 Å². The Kier molecular flexibility index (Phi) is 8.38. The van der Waals surface area contributed by atoms with Crippen LogP contribution in [0.4, 0.5) is 0 Å². The average Bonchev–Trinajstić information content (AvgIpc) is 3.26. The molecule has 33 heavy (non-hydrogen) atoms. The van der Waals surface area contributed by atoms with Gasteiger partial charge < -0.3 is 30.2 Å².